The number of piperidine rings is 1. The molecule has 0 unspecified atom stereocenters. The third kappa shape index (κ3) is 5.19. The Morgan fingerprint density at radius 3 is 3.00 bits per heavy atom. The first-order valence-electron chi connectivity index (χ1n) is 9.56. The molecule has 2 fully saturated rings. The summed E-state index contributed by atoms with van der Waals surface area (Å²) in [6.45, 7) is 7.17. The van der Waals surface area contributed by atoms with Gasteiger partial charge in [0.25, 0.3) is 5.91 Å². The molecule has 5 heteroatoms. The minimum absolute atomic E-state index is 0.0613. The average Bonchev–Trinajstić information content (AvgIpc) is 3.15. The van der Waals surface area contributed by atoms with Crippen LogP contribution in [0.25, 0.3) is 0 Å². The van der Waals surface area contributed by atoms with E-state index in [-0.39, 0.29) is 5.91 Å². The number of rotatable bonds is 7. The topological polar surface area (TPSA) is 50.8 Å². The van der Waals surface area contributed by atoms with Crippen molar-refractivity contribution in [3.05, 3.63) is 29.8 Å². The highest BCUT2D eigenvalue weighted by Crippen LogP contribution is 2.20. The van der Waals surface area contributed by atoms with Crippen molar-refractivity contribution in [2.45, 2.75) is 38.6 Å². The molecule has 0 aliphatic carbocycles. The first-order valence-corrected chi connectivity index (χ1v) is 9.56. The lowest BCUT2D eigenvalue weighted by Crippen LogP contribution is -2.40. The molecule has 2 heterocycles. The second-order valence-corrected chi connectivity index (χ2v) is 7.17. The highest BCUT2D eigenvalue weighted by Gasteiger charge is 2.20. The number of amides is 1. The van der Waals surface area contributed by atoms with Crippen LogP contribution in [-0.2, 0) is 4.74 Å². The Labute approximate surface area is 150 Å². The summed E-state index contributed by atoms with van der Waals surface area (Å²) in [5, 5.41) is 3.02. The minimum Gasteiger partial charge on any atom is -0.491 e. The molecule has 25 heavy (non-hydrogen) atoms. The molecule has 0 bridgehead atoms. The standard InChI is InChI=1S/C20H30N2O3/c1-16-6-4-5-10-22(16)11-13-25-19-8-3-2-7-18(19)20(23)21-14-17-9-12-24-15-17/h2-3,7-8,16-17H,4-6,9-15H2,1H3,(H,21,23)/t16-,17-/m0/s1. The van der Waals surface area contributed by atoms with Crippen LogP contribution in [0.4, 0.5) is 0 Å². The lowest BCUT2D eigenvalue weighted by molar-refractivity contribution is 0.0937. The fourth-order valence-corrected chi connectivity index (χ4v) is 3.62. The molecule has 0 saturated carbocycles. The molecule has 1 amide bonds. The van der Waals surface area contributed by atoms with E-state index in [1.807, 2.05) is 24.3 Å². The summed E-state index contributed by atoms with van der Waals surface area (Å²) < 4.78 is 11.3. The Bertz CT molecular complexity index is 558. The van der Waals surface area contributed by atoms with E-state index < -0.39 is 0 Å². The van der Waals surface area contributed by atoms with Gasteiger partial charge in [0.2, 0.25) is 0 Å². The minimum atomic E-state index is -0.0613. The number of hydrogen-bond acceptors (Lipinski definition) is 4. The second kappa shape index (κ2) is 9.20. The van der Waals surface area contributed by atoms with E-state index in [0.29, 0.717) is 36.4 Å². The van der Waals surface area contributed by atoms with Crippen LogP contribution in [-0.4, -0.2) is 56.3 Å². The Balaban J connectivity index is 1.50. The number of benzene rings is 1. The largest absolute Gasteiger partial charge is 0.491 e. The molecule has 1 N–H and O–H groups in total. The predicted octanol–water partition coefficient (Wildman–Crippen LogP) is 2.71. The molecule has 0 radical (unpaired) electrons. The van der Waals surface area contributed by atoms with Crippen LogP contribution in [0.3, 0.4) is 0 Å². The van der Waals surface area contributed by atoms with Crippen molar-refractivity contribution in [1.29, 1.82) is 0 Å². The number of nitrogens with zero attached hydrogens (tertiary/aromatic N) is 1. The number of ether oxygens (including phenoxy) is 2. The van der Waals surface area contributed by atoms with Crippen LogP contribution in [0, 0.1) is 5.92 Å². The summed E-state index contributed by atoms with van der Waals surface area (Å²) in [5.41, 5.74) is 0.619. The summed E-state index contributed by atoms with van der Waals surface area (Å²) in [5.74, 6) is 1.04. The highest BCUT2D eigenvalue weighted by atomic mass is 16.5. The van der Waals surface area contributed by atoms with E-state index in [2.05, 4.69) is 17.1 Å². The van der Waals surface area contributed by atoms with Crippen molar-refractivity contribution < 1.29 is 14.3 Å². The zero-order chi connectivity index (χ0) is 17.5. The summed E-state index contributed by atoms with van der Waals surface area (Å²) >= 11 is 0. The van der Waals surface area contributed by atoms with Crippen molar-refractivity contribution in [3.8, 4) is 5.75 Å². The molecule has 0 spiro atoms. The van der Waals surface area contributed by atoms with Crippen LogP contribution < -0.4 is 10.1 Å². The molecule has 0 aromatic heterocycles. The molecule has 2 saturated heterocycles. The van der Waals surface area contributed by atoms with Crippen molar-refractivity contribution in [1.82, 2.24) is 10.2 Å². The van der Waals surface area contributed by atoms with Gasteiger partial charge in [-0.1, -0.05) is 18.6 Å². The van der Waals surface area contributed by atoms with E-state index in [4.69, 9.17) is 9.47 Å². The maximum absolute atomic E-state index is 12.5. The van der Waals surface area contributed by atoms with Crippen molar-refractivity contribution in [2.24, 2.45) is 5.92 Å². The van der Waals surface area contributed by atoms with Crippen molar-refractivity contribution >= 4 is 5.91 Å². The smallest absolute Gasteiger partial charge is 0.255 e. The first-order chi connectivity index (χ1) is 12.2. The van der Waals surface area contributed by atoms with Crippen molar-refractivity contribution in [2.75, 3.05) is 39.5 Å². The first kappa shape index (κ1) is 18.2. The third-order valence-corrected chi connectivity index (χ3v) is 5.28. The summed E-state index contributed by atoms with van der Waals surface area (Å²) in [7, 11) is 0. The summed E-state index contributed by atoms with van der Waals surface area (Å²) in [4.78, 5) is 15.0. The maximum atomic E-state index is 12.5. The van der Waals surface area contributed by atoms with Gasteiger partial charge in [-0.15, -0.1) is 0 Å². The summed E-state index contributed by atoms with van der Waals surface area (Å²) in [6, 6.07) is 8.14. The molecule has 1 aromatic rings. The van der Waals surface area contributed by atoms with E-state index in [9.17, 15) is 4.79 Å². The number of para-hydroxylation sites is 1. The zero-order valence-corrected chi connectivity index (χ0v) is 15.2. The number of hydrogen-bond donors (Lipinski definition) is 1. The van der Waals surface area contributed by atoms with Gasteiger partial charge in [-0.25, -0.2) is 0 Å². The van der Waals surface area contributed by atoms with Gasteiger partial charge in [0.1, 0.15) is 12.4 Å². The van der Waals surface area contributed by atoms with Gasteiger partial charge in [0, 0.05) is 31.7 Å². The summed E-state index contributed by atoms with van der Waals surface area (Å²) in [6.07, 6.45) is 4.89. The normalized spacial score (nSPS) is 24.2. The Morgan fingerprint density at radius 1 is 1.32 bits per heavy atom. The number of carbonyl (C=O) groups is 1. The van der Waals surface area contributed by atoms with Crippen LogP contribution in [0.5, 0.6) is 5.75 Å². The van der Waals surface area contributed by atoms with E-state index in [0.717, 1.165) is 32.7 Å². The van der Waals surface area contributed by atoms with E-state index in [1.165, 1.54) is 19.3 Å². The van der Waals surface area contributed by atoms with Crippen molar-refractivity contribution in [3.63, 3.8) is 0 Å². The van der Waals surface area contributed by atoms with Gasteiger partial charge in [-0.05, 0) is 44.9 Å². The van der Waals surface area contributed by atoms with Gasteiger partial charge >= 0.3 is 0 Å². The lowest BCUT2D eigenvalue weighted by atomic mass is 10.0. The van der Waals surface area contributed by atoms with Crippen LogP contribution in [0.15, 0.2) is 24.3 Å². The van der Waals surface area contributed by atoms with E-state index >= 15 is 0 Å². The molecular formula is C20H30N2O3. The highest BCUT2D eigenvalue weighted by molar-refractivity contribution is 5.96. The molecule has 2 aliphatic rings. The SMILES string of the molecule is C[C@H]1CCCCN1CCOc1ccccc1C(=O)NC[C@@H]1CCOC1. The lowest BCUT2D eigenvalue weighted by Gasteiger charge is -2.33. The third-order valence-electron chi connectivity index (χ3n) is 5.28. The van der Waals surface area contributed by atoms with Gasteiger partial charge in [0.15, 0.2) is 0 Å². The fraction of sp³-hybridized carbons (Fsp3) is 0.650. The van der Waals surface area contributed by atoms with Gasteiger partial charge < -0.3 is 14.8 Å². The van der Waals surface area contributed by atoms with Crippen LogP contribution in [0.1, 0.15) is 43.0 Å². The molecular weight excluding hydrogens is 316 g/mol. The van der Waals surface area contributed by atoms with Gasteiger partial charge in [-0.2, -0.15) is 0 Å². The molecule has 2 aliphatic heterocycles. The fourth-order valence-electron chi connectivity index (χ4n) is 3.62. The Kier molecular flexibility index (Phi) is 6.70. The Hall–Kier alpha value is -1.59. The van der Waals surface area contributed by atoms with Gasteiger partial charge in [0.05, 0.1) is 12.2 Å². The molecule has 5 nitrogen and oxygen atoms in total. The molecule has 3 rings (SSSR count). The predicted molar refractivity (Wildman–Crippen MR) is 98.1 cm³/mol. The number of nitrogens with one attached hydrogen (secondary N) is 1. The monoisotopic (exact) mass is 346 g/mol. The van der Waals surface area contributed by atoms with Crippen LogP contribution in [0.2, 0.25) is 0 Å². The van der Waals surface area contributed by atoms with Gasteiger partial charge in [-0.3, -0.25) is 9.69 Å². The Morgan fingerprint density at radius 2 is 2.20 bits per heavy atom. The molecule has 1 aromatic carbocycles. The second-order valence-electron chi connectivity index (χ2n) is 7.17. The number of carbonyl (C=O) groups excluding carboxylic acids is 1. The molecule has 2 atom stereocenters. The maximum Gasteiger partial charge on any atom is 0.255 e. The quantitative estimate of drug-likeness (QED) is 0.825. The van der Waals surface area contributed by atoms with Crippen LogP contribution >= 0.6 is 0 Å². The number of likely N-dealkylation sites (tertiary alicyclic amines) is 1. The zero-order valence-electron chi connectivity index (χ0n) is 15.2. The average molecular weight is 346 g/mol. The molecule has 138 valence electrons. The van der Waals surface area contributed by atoms with E-state index in [1.54, 1.807) is 0 Å².